The fourth-order valence-electron chi connectivity index (χ4n) is 3.10. The Bertz CT molecular complexity index is 932. The highest BCUT2D eigenvalue weighted by atomic mass is 19.4. The topological polar surface area (TPSA) is 70.6 Å². The molecule has 2 aromatic rings. The number of hydrogen-bond acceptors (Lipinski definition) is 4. The van der Waals surface area contributed by atoms with Gasteiger partial charge in [0.05, 0.1) is 11.4 Å². The van der Waals surface area contributed by atoms with Crippen LogP contribution in [0.2, 0.25) is 0 Å². The molecule has 2 rings (SSSR count). The first-order valence-electron chi connectivity index (χ1n) is 8.23. The molecule has 0 aliphatic heterocycles. The minimum atomic E-state index is -5.86. The van der Waals surface area contributed by atoms with Crippen LogP contribution in [0, 0.1) is 0 Å². The highest BCUT2D eigenvalue weighted by Gasteiger charge is 2.72. The molecule has 0 aromatic heterocycles. The van der Waals surface area contributed by atoms with Crippen LogP contribution in [0.3, 0.4) is 0 Å². The average Bonchev–Trinajstić information content (AvgIpc) is 2.61. The molecule has 0 aliphatic rings. The summed E-state index contributed by atoms with van der Waals surface area (Å²) in [7, 11) is 6.22. The van der Waals surface area contributed by atoms with E-state index in [9.17, 15) is 36.2 Å². The van der Waals surface area contributed by atoms with Gasteiger partial charge in [0.2, 0.25) is 11.3 Å². The molecule has 30 heavy (non-hydrogen) atoms. The Morgan fingerprint density at radius 3 is 1.90 bits per heavy atom. The summed E-state index contributed by atoms with van der Waals surface area (Å²) < 4.78 is 89.7. The van der Waals surface area contributed by atoms with Crippen LogP contribution in [0.15, 0.2) is 36.4 Å². The van der Waals surface area contributed by atoms with E-state index in [1.807, 2.05) is 0 Å². The predicted molar refractivity (Wildman–Crippen MR) is 97.7 cm³/mol. The largest absolute Gasteiger partial charge is 0.566 e. The molecule has 2 aromatic carbocycles. The summed E-state index contributed by atoms with van der Waals surface area (Å²) in [5.74, 6) is -1.64. The number of nitrogens with one attached hydrogen (secondary N) is 2. The van der Waals surface area contributed by atoms with Gasteiger partial charge in [0.25, 0.3) is 0 Å². The first kappa shape index (κ1) is 23.2. The summed E-state index contributed by atoms with van der Waals surface area (Å²) in [6.45, 7) is 1.01. The highest BCUT2D eigenvalue weighted by Crippen LogP contribution is 2.57. The van der Waals surface area contributed by atoms with E-state index in [4.69, 9.17) is 8.05 Å². The summed E-state index contributed by atoms with van der Waals surface area (Å²) >= 11 is 0. The van der Waals surface area contributed by atoms with Crippen molar-refractivity contribution in [1.29, 1.82) is 0 Å². The maximum atomic E-state index is 14.2. The van der Waals surface area contributed by atoms with Crippen LogP contribution in [-0.2, 0) is 10.2 Å². The molecular weight excluding hydrogens is 417 g/mol. The molecule has 0 spiro atoms. The average molecular weight is 432 g/mol. The minimum absolute atomic E-state index is 0.339. The maximum Gasteiger partial charge on any atom is 0.411 e. The van der Waals surface area contributed by atoms with Crippen LogP contribution < -0.4 is 15.3 Å². The second-order valence-corrected chi connectivity index (χ2v) is 6.24. The lowest BCUT2D eigenvalue weighted by Crippen LogP contribution is -2.54. The van der Waals surface area contributed by atoms with Crippen LogP contribution in [0.4, 0.5) is 37.7 Å². The molecule has 0 aliphatic carbocycles. The van der Waals surface area contributed by atoms with Crippen molar-refractivity contribution in [3.05, 3.63) is 47.5 Å². The Hall–Kier alpha value is -3.05. The van der Waals surface area contributed by atoms with E-state index in [0.29, 0.717) is 24.3 Å². The van der Waals surface area contributed by atoms with E-state index >= 15 is 0 Å². The Labute approximate surface area is 168 Å². The number of benzene rings is 2. The van der Waals surface area contributed by atoms with E-state index in [2.05, 4.69) is 15.3 Å². The quantitative estimate of drug-likeness (QED) is 0.375. The second-order valence-electron chi connectivity index (χ2n) is 6.24. The van der Waals surface area contributed by atoms with Crippen molar-refractivity contribution < 1.29 is 40.9 Å². The number of amides is 1. The molecule has 0 unspecified atom stereocenters. The van der Waals surface area contributed by atoms with Gasteiger partial charge in [0.1, 0.15) is 11.5 Å². The number of carbonyl (C=O) groups is 1. The van der Waals surface area contributed by atoms with Crippen molar-refractivity contribution in [2.75, 3.05) is 17.7 Å². The van der Waals surface area contributed by atoms with Crippen molar-refractivity contribution in [2.45, 2.75) is 24.7 Å². The molecule has 3 N–H and O–H groups in total. The van der Waals surface area contributed by atoms with Crippen molar-refractivity contribution >= 4 is 25.3 Å². The van der Waals surface area contributed by atoms with Crippen molar-refractivity contribution in [2.24, 2.45) is 0 Å². The van der Waals surface area contributed by atoms with E-state index in [1.54, 1.807) is 0 Å². The monoisotopic (exact) mass is 432 g/mol. The molecule has 1 amide bonds. The normalized spacial score (nSPS) is 12.4. The second kappa shape index (κ2) is 8.00. The van der Waals surface area contributed by atoms with Gasteiger partial charge in [-0.15, -0.1) is 0 Å². The SMILES string of the molecule is [B]Oc1ccc(C(c2ccc(O)c(NC)c2)(C(F)(F)F)C(F)(F)F)cc1NC(C)=O. The number of phenolic OH excluding ortho intramolecular Hbond substituents is 1. The molecule has 0 heterocycles. The number of carbonyl (C=O) groups excluding carboxylic acids is 1. The van der Waals surface area contributed by atoms with Gasteiger partial charge >= 0.3 is 20.4 Å². The van der Waals surface area contributed by atoms with Crippen LogP contribution >= 0.6 is 0 Å². The first-order chi connectivity index (χ1) is 13.8. The van der Waals surface area contributed by atoms with E-state index in [-0.39, 0.29) is 11.4 Å². The number of halogens is 6. The third-order valence-electron chi connectivity index (χ3n) is 4.40. The number of phenols is 1. The standard InChI is InChI=1S/C18H15BF6N2O3/c1-9(28)27-13-8-11(4-6-15(13)30-19)16(17(20,21)22,18(23,24)25)10-3-5-14(29)12(7-10)26-2/h3-8,26,29H,1-2H3,(H,27,28). The lowest BCUT2D eigenvalue weighted by Gasteiger charge is -2.38. The Morgan fingerprint density at radius 2 is 1.47 bits per heavy atom. The van der Waals surface area contributed by atoms with E-state index < -0.39 is 46.2 Å². The molecule has 0 saturated carbocycles. The summed E-state index contributed by atoms with van der Waals surface area (Å²) in [6, 6.07) is 3.65. The van der Waals surface area contributed by atoms with Crippen LogP contribution in [0.1, 0.15) is 18.1 Å². The minimum Gasteiger partial charge on any atom is -0.566 e. The molecule has 0 bridgehead atoms. The van der Waals surface area contributed by atoms with Gasteiger partial charge in [-0.05, 0) is 35.4 Å². The van der Waals surface area contributed by atoms with Gasteiger partial charge in [-0.1, -0.05) is 12.1 Å². The molecule has 0 saturated heterocycles. The Kier molecular flexibility index (Phi) is 6.19. The Balaban J connectivity index is 2.96. The summed E-state index contributed by atoms with van der Waals surface area (Å²) in [6.07, 6.45) is -11.7. The number of alkyl halides is 6. The number of hydrogen-bond donors (Lipinski definition) is 3. The van der Waals surface area contributed by atoms with Gasteiger partial charge < -0.3 is 20.4 Å². The van der Waals surface area contributed by atoms with E-state index in [0.717, 1.165) is 19.1 Å². The number of anilines is 2. The Morgan fingerprint density at radius 1 is 0.967 bits per heavy atom. The molecule has 2 radical (unpaired) electrons. The van der Waals surface area contributed by atoms with Gasteiger partial charge in [-0.25, -0.2) is 0 Å². The molecule has 0 atom stereocenters. The van der Waals surface area contributed by atoms with Crippen molar-refractivity contribution in [1.82, 2.24) is 0 Å². The lowest BCUT2D eigenvalue weighted by molar-refractivity contribution is -0.288. The zero-order valence-electron chi connectivity index (χ0n) is 15.6. The fraction of sp³-hybridized carbons (Fsp3) is 0.278. The zero-order chi connectivity index (χ0) is 22.9. The third kappa shape index (κ3) is 3.85. The maximum absolute atomic E-state index is 14.2. The van der Waals surface area contributed by atoms with Gasteiger partial charge in [-0.2, -0.15) is 26.3 Å². The van der Waals surface area contributed by atoms with Gasteiger partial charge in [-0.3, -0.25) is 4.79 Å². The van der Waals surface area contributed by atoms with Gasteiger partial charge in [0.15, 0.2) is 0 Å². The van der Waals surface area contributed by atoms with Crippen LogP contribution in [0.5, 0.6) is 11.5 Å². The van der Waals surface area contributed by atoms with Crippen molar-refractivity contribution in [3.8, 4) is 11.5 Å². The molecule has 0 fully saturated rings. The smallest absolute Gasteiger partial charge is 0.411 e. The van der Waals surface area contributed by atoms with E-state index in [1.165, 1.54) is 7.05 Å². The summed E-state index contributed by atoms with van der Waals surface area (Å²) in [5, 5.41) is 14.1. The number of rotatable bonds is 5. The lowest BCUT2D eigenvalue weighted by atomic mass is 9.72. The predicted octanol–water partition coefficient (Wildman–Crippen LogP) is 4.27. The van der Waals surface area contributed by atoms with Crippen molar-refractivity contribution in [3.63, 3.8) is 0 Å². The third-order valence-corrected chi connectivity index (χ3v) is 4.40. The fourth-order valence-corrected chi connectivity index (χ4v) is 3.10. The van der Waals surface area contributed by atoms with Crippen LogP contribution in [0.25, 0.3) is 0 Å². The van der Waals surface area contributed by atoms with Gasteiger partial charge in [0, 0.05) is 14.0 Å². The first-order valence-corrected chi connectivity index (χ1v) is 8.23. The molecule has 12 heteroatoms. The summed E-state index contributed by atoms with van der Waals surface area (Å²) in [4.78, 5) is 11.3. The molecular formula is C18H15BF6N2O3. The molecule has 160 valence electrons. The highest BCUT2D eigenvalue weighted by molar-refractivity contribution is 6.01. The molecule has 5 nitrogen and oxygen atoms in total. The summed E-state index contributed by atoms with van der Waals surface area (Å²) in [5.41, 5.74) is -7.73. The number of aromatic hydroxyl groups is 1. The van der Waals surface area contributed by atoms with Crippen LogP contribution in [-0.4, -0.2) is 38.5 Å². The zero-order valence-corrected chi connectivity index (χ0v) is 15.6.